The molecule has 30 heavy (non-hydrogen) atoms. The molecule has 3 aromatic rings. The first-order valence-corrected chi connectivity index (χ1v) is 9.05. The molecule has 1 aromatic heterocycles. The second-order valence-corrected chi connectivity index (χ2v) is 6.71. The van der Waals surface area contributed by atoms with Crippen LogP contribution in [0.3, 0.4) is 0 Å². The Morgan fingerprint density at radius 1 is 1.07 bits per heavy atom. The van der Waals surface area contributed by atoms with Crippen molar-refractivity contribution in [3.8, 4) is 29.1 Å². The number of nitriles is 2. The summed E-state index contributed by atoms with van der Waals surface area (Å²) >= 11 is 0. The lowest BCUT2D eigenvalue weighted by molar-refractivity contribution is 0.104. The van der Waals surface area contributed by atoms with Crippen LogP contribution in [-0.4, -0.2) is 43.7 Å². The van der Waals surface area contributed by atoms with Gasteiger partial charge in [-0.25, -0.2) is 0 Å². The molecule has 0 saturated heterocycles. The van der Waals surface area contributed by atoms with Gasteiger partial charge < -0.3 is 14.5 Å². The lowest BCUT2D eigenvalue weighted by atomic mass is 9.99. The number of fused-ring (bicyclic) bond motifs is 1. The van der Waals surface area contributed by atoms with Crippen molar-refractivity contribution in [2.24, 2.45) is 0 Å². The summed E-state index contributed by atoms with van der Waals surface area (Å²) in [6.07, 6.45) is 3.12. The number of benzene rings is 2. The summed E-state index contributed by atoms with van der Waals surface area (Å²) in [5, 5.41) is 19.4. The summed E-state index contributed by atoms with van der Waals surface area (Å²) in [5.41, 5.74) is 2.58. The third-order valence-electron chi connectivity index (χ3n) is 4.62. The third-order valence-corrected chi connectivity index (χ3v) is 4.62. The number of ether oxygens (including phenoxy) is 1. The number of methoxy groups -OCH3 is 1. The standard InChI is InChI=1S/C23H20N4O3/c1-26(2)10-9-21(28)22-19-11-16(13-24)17(14-25)12-20(19)27(30-4)23(22)15-5-7-18(29-3)8-6-15/h5-12H,1-4H3/b10-9+. The molecule has 1 heterocycles. The normalized spacial score (nSPS) is 10.6. The van der Waals surface area contributed by atoms with Crippen molar-refractivity contribution >= 4 is 16.7 Å². The fourth-order valence-corrected chi connectivity index (χ4v) is 3.24. The number of aromatic nitrogens is 1. The zero-order chi connectivity index (χ0) is 21.8. The van der Waals surface area contributed by atoms with Crippen LogP contribution in [0.15, 0.2) is 48.7 Å². The lowest BCUT2D eigenvalue weighted by Crippen LogP contribution is -2.09. The number of allylic oxidation sites excluding steroid dienone is 1. The minimum atomic E-state index is -0.246. The van der Waals surface area contributed by atoms with Gasteiger partial charge in [-0.05, 0) is 36.4 Å². The Balaban J connectivity index is 2.42. The van der Waals surface area contributed by atoms with Gasteiger partial charge in [0.25, 0.3) is 0 Å². The van der Waals surface area contributed by atoms with Crippen molar-refractivity contribution in [1.29, 1.82) is 10.5 Å². The van der Waals surface area contributed by atoms with Crippen molar-refractivity contribution in [1.82, 2.24) is 9.63 Å². The van der Waals surface area contributed by atoms with Crippen molar-refractivity contribution in [2.45, 2.75) is 0 Å². The number of ketones is 1. The first-order valence-electron chi connectivity index (χ1n) is 9.05. The zero-order valence-electron chi connectivity index (χ0n) is 17.1. The molecule has 0 bridgehead atoms. The van der Waals surface area contributed by atoms with Crippen LogP contribution >= 0.6 is 0 Å². The molecule has 7 heteroatoms. The van der Waals surface area contributed by atoms with Crippen LogP contribution in [-0.2, 0) is 0 Å². The Bertz CT molecular complexity index is 1220. The van der Waals surface area contributed by atoms with Gasteiger partial charge in [-0.15, -0.1) is 0 Å². The van der Waals surface area contributed by atoms with E-state index < -0.39 is 0 Å². The van der Waals surface area contributed by atoms with E-state index in [1.807, 2.05) is 38.4 Å². The highest BCUT2D eigenvalue weighted by Crippen LogP contribution is 2.36. The van der Waals surface area contributed by atoms with E-state index in [1.54, 1.807) is 42.5 Å². The molecular formula is C23H20N4O3. The van der Waals surface area contributed by atoms with Gasteiger partial charge in [0.05, 0.1) is 35.0 Å². The lowest BCUT2D eigenvalue weighted by Gasteiger charge is -2.11. The topological polar surface area (TPSA) is 91.3 Å². The summed E-state index contributed by atoms with van der Waals surface area (Å²) in [4.78, 5) is 20.6. The van der Waals surface area contributed by atoms with Gasteiger partial charge >= 0.3 is 0 Å². The first-order chi connectivity index (χ1) is 14.4. The predicted molar refractivity (Wildman–Crippen MR) is 113 cm³/mol. The zero-order valence-corrected chi connectivity index (χ0v) is 17.1. The maximum Gasteiger partial charge on any atom is 0.190 e. The highest BCUT2D eigenvalue weighted by molar-refractivity contribution is 6.18. The molecule has 0 unspecified atom stereocenters. The first kappa shape index (κ1) is 20.5. The fourth-order valence-electron chi connectivity index (χ4n) is 3.24. The van der Waals surface area contributed by atoms with Crippen LogP contribution in [0, 0.1) is 22.7 Å². The maximum absolute atomic E-state index is 13.2. The molecule has 0 aliphatic rings. The second-order valence-electron chi connectivity index (χ2n) is 6.71. The number of hydrogen-bond donors (Lipinski definition) is 0. The SMILES string of the molecule is COc1ccc(-c2c(C(=O)/C=C/N(C)C)c3cc(C#N)c(C#N)cc3n2OC)cc1. The predicted octanol–water partition coefficient (Wildman–Crippen LogP) is 3.38. The van der Waals surface area contributed by atoms with Gasteiger partial charge in [0.15, 0.2) is 5.78 Å². The molecule has 7 nitrogen and oxygen atoms in total. The molecule has 0 aliphatic carbocycles. The molecule has 0 N–H and O–H groups in total. The van der Waals surface area contributed by atoms with Crippen LogP contribution in [0.2, 0.25) is 0 Å². The molecule has 3 rings (SSSR count). The van der Waals surface area contributed by atoms with Crippen LogP contribution in [0.4, 0.5) is 0 Å². The molecule has 0 radical (unpaired) electrons. The largest absolute Gasteiger partial charge is 0.497 e. The summed E-state index contributed by atoms with van der Waals surface area (Å²) in [7, 11) is 6.70. The van der Waals surface area contributed by atoms with Crippen LogP contribution < -0.4 is 9.57 Å². The third kappa shape index (κ3) is 3.57. The van der Waals surface area contributed by atoms with Crippen LogP contribution in [0.1, 0.15) is 21.5 Å². The highest BCUT2D eigenvalue weighted by atomic mass is 16.6. The molecule has 0 spiro atoms. The van der Waals surface area contributed by atoms with E-state index in [0.29, 0.717) is 27.9 Å². The molecule has 0 saturated carbocycles. The number of nitrogens with zero attached hydrogens (tertiary/aromatic N) is 4. The smallest absolute Gasteiger partial charge is 0.190 e. The van der Waals surface area contributed by atoms with Gasteiger partial charge in [0.1, 0.15) is 25.0 Å². The van der Waals surface area contributed by atoms with E-state index in [4.69, 9.17) is 9.57 Å². The van der Waals surface area contributed by atoms with E-state index >= 15 is 0 Å². The molecule has 0 fully saturated rings. The van der Waals surface area contributed by atoms with Gasteiger partial charge in [0, 0.05) is 37.3 Å². The Kier molecular flexibility index (Phi) is 5.75. The second kappa shape index (κ2) is 8.42. The van der Waals surface area contributed by atoms with Crippen molar-refractivity contribution in [2.75, 3.05) is 28.3 Å². The van der Waals surface area contributed by atoms with Gasteiger partial charge in [-0.3, -0.25) is 4.79 Å². The monoisotopic (exact) mass is 400 g/mol. The number of carbonyl (C=O) groups excluding carboxylic acids is 1. The minimum absolute atomic E-state index is 0.199. The number of carbonyl (C=O) groups is 1. The van der Waals surface area contributed by atoms with E-state index in [1.165, 1.54) is 17.9 Å². The Morgan fingerprint density at radius 2 is 1.70 bits per heavy atom. The van der Waals surface area contributed by atoms with E-state index in [-0.39, 0.29) is 16.9 Å². The van der Waals surface area contributed by atoms with Crippen molar-refractivity contribution < 1.29 is 14.4 Å². The highest BCUT2D eigenvalue weighted by Gasteiger charge is 2.25. The number of rotatable bonds is 6. The average Bonchev–Trinajstić information content (AvgIpc) is 3.09. The maximum atomic E-state index is 13.2. The minimum Gasteiger partial charge on any atom is -0.497 e. The van der Waals surface area contributed by atoms with E-state index in [0.717, 1.165) is 5.56 Å². The summed E-state index contributed by atoms with van der Waals surface area (Å²) in [5.74, 6) is 0.432. The molecule has 0 aliphatic heterocycles. The van der Waals surface area contributed by atoms with Crippen LogP contribution in [0.5, 0.6) is 5.75 Å². The average molecular weight is 400 g/mol. The quantitative estimate of drug-likeness (QED) is 0.465. The summed E-state index contributed by atoms with van der Waals surface area (Å²) < 4.78 is 6.74. The Morgan fingerprint density at radius 3 is 2.23 bits per heavy atom. The van der Waals surface area contributed by atoms with Crippen LogP contribution in [0.25, 0.3) is 22.2 Å². The van der Waals surface area contributed by atoms with Crippen molar-refractivity contribution in [3.63, 3.8) is 0 Å². The molecule has 2 aromatic carbocycles. The summed E-state index contributed by atoms with van der Waals surface area (Å²) in [6.45, 7) is 0. The Hall–Kier alpha value is -4.23. The van der Waals surface area contributed by atoms with E-state index in [9.17, 15) is 15.3 Å². The Labute approximate surface area is 174 Å². The van der Waals surface area contributed by atoms with Gasteiger partial charge in [-0.2, -0.15) is 15.3 Å². The fraction of sp³-hybridized carbons (Fsp3) is 0.174. The van der Waals surface area contributed by atoms with Gasteiger partial charge in [-0.1, -0.05) is 0 Å². The summed E-state index contributed by atoms with van der Waals surface area (Å²) in [6, 6.07) is 14.4. The molecule has 150 valence electrons. The molecule has 0 atom stereocenters. The number of hydrogen-bond acceptors (Lipinski definition) is 6. The van der Waals surface area contributed by atoms with Gasteiger partial charge in [0.2, 0.25) is 0 Å². The molecular weight excluding hydrogens is 380 g/mol. The van der Waals surface area contributed by atoms with Crippen molar-refractivity contribution in [3.05, 3.63) is 65.4 Å². The molecule has 0 amide bonds. The van der Waals surface area contributed by atoms with E-state index in [2.05, 4.69) is 0 Å².